The number of aliphatic hydroxyl groups excluding tert-OH is 1. The van der Waals surface area contributed by atoms with Gasteiger partial charge in [0.05, 0.1) is 31.8 Å². The molecule has 0 aliphatic carbocycles. The zero-order chi connectivity index (χ0) is 39.0. The minimum atomic E-state index is -1.44. The van der Waals surface area contributed by atoms with E-state index in [0.717, 1.165) is 0 Å². The van der Waals surface area contributed by atoms with E-state index < -0.39 is 103 Å². The van der Waals surface area contributed by atoms with Gasteiger partial charge in [-0.15, -0.1) is 0 Å². The molecule has 0 aromatic carbocycles. The van der Waals surface area contributed by atoms with Gasteiger partial charge in [-0.25, -0.2) is 14.8 Å². The van der Waals surface area contributed by atoms with Crippen molar-refractivity contribution in [2.75, 3.05) is 13.1 Å². The van der Waals surface area contributed by atoms with Crippen LogP contribution in [0.25, 0.3) is 0 Å². The molecule has 0 bridgehead atoms. The molecule has 2 heterocycles. The molecule has 0 saturated carbocycles. The molecule has 22 heteroatoms. The van der Waals surface area contributed by atoms with Gasteiger partial charge in [0, 0.05) is 43.0 Å². The van der Waals surface area contributed by atoms with E-state index in [-0.39, 0.29) is 25.7 Å². The van der Waals surface area contributed by atoms with Gasteiger partial charge >= 0.3 is 5.97 Å². The molecule has 22 nitrogen and oxygen atoms in total. The van der Waals surface area contributed by atoms with E-state index in [1.807, 2.05) is 0 Å². The zero-order valence-corrected chi connectivity index (χ0v) is 28.8. The molecular weight excluding hydrogens is 688 g/mol. The number of aliphatic carboxylic acids is 1. The molecule has 7 amide bonds. The molecule has 6 atom stereocenters. The number of hydrogen-bond donors (Lipinski definition) is 12. The molecule has 0 saturated heterocycles. The first-order valence-corrected chi connectivity index (χ1v) is 16.1. The summed E-state index contributed by atoms with van der Waals surface area (Å²) in [5, 5.41) is 33.2. The fourth-order valence-corrected chi connectivity index (χ4v) is 4.53. The average Bonchev–Trinajstić information content (AvgIpc) is 3.80. The number of carbonyl (C=O) groups is 8. The molecule has 286 valence electrons. The van der Waals surface area contributed by atoms with Crippen LogP contribution in [-0.4, -0.2) is 127 Å². The smallest absolute Gasteiger partial charge is 0.326 e. The normalized spacial score (nSPS) is 14.4. The predicted molar refractivity (Wildman–Crippen MR) is 179 cm³/mol. The number of nitrogens with one attached hydrogen (secondary N) is 8. The number of H-pyrrole nitrogens is 2. The highest BCUT2D eigenvalue weighted by Gasteiger charge is 2.30. The summed E-state index contributed by atoms with van der Waals surface area (Å²) in [4.78, 5) is 114. The first-order chi connectivity index (χ1) is 24.5. The zero-order valence-electron chi connectivity index (χ0n) is 28.8. The van der Waals surface area contributed by atoms with Gasteiger partial charge in [0.15, 0.2) is 0 Å². The van der Waals surface area contributed by atoms with Gasteiger partial charge < -0.3 is 63.5 Å². The topological polar surface area (TPSA) is 359 Å². The van der Waals surface area contributed by atoms with Gasteiger partial charge in [-0.1, -0.05) is 13.8 Å². The molecule has 2 aromatic rings. The Morgan fingerprint density at radius 2 is 1.21 bits per heavy atom. The molecule has 2 aromatic heterocycles. The summed E-state index contributed by atoms with van der Waals surface area (Å²) in [6, 6.07) is -6.62. The van der Waals surface area contributed by atoms with Gasteiger partial charge in [0.2, 0.25) is 41.4 Å². The van der Waals surface area contributed by atoms with Crippen molar-refractivity contribution in [3.05, 3.63) is 36.4 Å². The average molecular weight is 735 g/mol. The second kappa shape index (κ2) is 20.7. The highest BCUT2D eigenvalue weighted by Crippen LogP contribution is 2.05. The van der Waals surface area contributed by atoms with Crippen LogP contribution in [0.5, 0.6) is 0 Å². The second-order valence-electron chi connectivity index (χ2n) is 12.1. The minimum Gasteiger partial charge on any atom is -0.480 e. The Hall–Kier alpha value is -5.90. The first-order valence-electron chi connectivity index (χ1n) is 16.1. The number of amides is 7. The van der Waals surface area contributed by atoms with Crippen molar-refractivity contribution >= 4 is 47.3 Å². The van der Waals surface area contributed by atoms with E-state index in [1.165, 1.54) is 32.0 Å². The van der Waals surface area contributed by atoms with Crippen molar-refractivity contribution in [2.24, 2.45) is 17.4 Å². The molecule has 0 fully saturated rings. The van der Waals surface area contributed by atoms with E-state index in [4.69, 9.17) is 11.5 Å². The molecule has 2 rings (SSSR count). The fraction of sp³-hybridized carbons (Fsp3) is 0.533. The largest absolute Gasteiger partial charge is 0.480 e. The number of carbonyl (C=O) groups excluding carboxylic acids is 7. The van der Waals surface area contributed by atoms with Crippen LogP contribution in [0, 0.1) is 5.92 Å². The van der Waals surface area contributed by atoms with Crippen molar-refractivity contribution in [1.82, 2.24) is 51.8 Å². The lowest BCUT2D eigenvalue weighted by Gasteiger charge is -2.24. The molecule has 0 spiro atoms. The summed E-state index contributed by atoms with van der Waals surface area (Å²) >= 11 is 0. The van der Waals surface area contributed by atoms with Crippen molar-refractivity contribution in [2.45, 2.75) is 82.8 Å². The highest BCUT2D eigenvalue weighted by molar-refractivity contribution is 5.96. The van der Waals surface area contributed by atoms with Crippen LogP contribution in [-0.2, 0) is 51.2 Å². The Balaban J connectivity index is 2.13. The Bertz CT molecular complexity index is 1530. The van der Waals surface area contributed by atoms with E-state index in [1.54, 1.807) is 13.8 Å². The summed E-state index contributed by atoms with van der Waals surface area (Å²) in [6.07, 6.45) is 3.34. The second-order valence-corrected chi connectivity index (χ2v) is 12.1. The van der Waals surface area contributed by atoms with E-state index >= 15 is 0 Å². The number of nitrogens with zero attached hydrogens (tertiary/aromatic N) is 2. The monoisotopic (exact) mass is 734 g/mol. The quantitative estimate of drug-likeness (QED) is 0.0539. The number of nitrogens with two attached hydrogens (primary N) is 2. The van der Waals surface area contributed by atoms with Gasteiger partial charge in [-0.05, 0) is 19.3 Å². The Kier molecular flexibility index (Phi) is 16.8. The van der Waals surface area contributed by atoms with Crippen LogP contribution in [0.15, 0.2) is 25.0 Å². The number of primary amides is 1. The number of hydrogen-bond acceptors (Lipinski definition) is 12. The summed E-state index contributed by atoms with van der Waals surface area (Å²) in [5.41, 5.74) is 11.8. The van der Waals surface area contributed by atoms with Crippen LogP contribution < -0.4 is 43.4 Å². The maximum atomic E-state index is 13.4. The molecular formula is C30H46N12O10. The SMILES string of the molecule is CC(C)C(NC(=O)CNC(=O)C(Cc1cnc[nH]1)NC(=O)C(CCC(N)=O)NC(=O)CNC(=O)C(Cc1cnc[nH]1)NC(=O)C(N)C(C)O)C(=O)O. The van der Waals surface area contributed by atoms with E-state index in [2.05, 4.69) is 51.8 Å². The molecule has 52 heavy (non-hydrogen) atoms. The lowest BCUT2D eigenvalue weighted by Crippen LogP contribution is -2.57. The van der Waals surface area contributed by atoms with Crippen molar-refractivity contribution in [1.29, 1.82) is 0 Å². The van der Waals surface area contributed by atoms with E-state index in [0.29, 0.717) is 11.4 Å². The summed E-state index contributed by atoms with van der Waals surface area (Å²) in [7, 11) is 0. The molecule has 0 aliphatic rings. The number of aliphatic hydroxyl groups is 1. The third-order valence-corrected chi connectivity index (χ3v) is 7.47. The maximum absolute atomic E-state index is 13.4. The number of aromatic amines is 2. The molecule has 0 radical (unpaired) electrons. The van der Waals surface area contributed by atoms with E-state index in [9.17, 15) is 48.6 Å². The van der Waals surface area contributed by atoms with Crippen LogP contribution in [0.4, 0.5) is 0 Å². The Morgan fingerprint density at radius 3 is 1.62 bits per heavy atom. The number of rotatable bonds is 22. The minimum absolute atomic E-state index is 0.0886. The van der Waals surface area contributed by atoms with Crippen LogP contribution in [0.2, 0.25) is 0 Å². The van der Waals surface area contributed by atoms with Gasteiger partial charge in [0.1, 0.15) is 30.2 Å². The van der Waals surface area contributed by atoms with Gasteiger partial charge in [-0.3, -0.25) is 33.6 Å². The molecule has 6 unspecified atom stereocenters. The van der Waals surface area contributed by atoms with Crippen LogP contribution in [0.3, 0.4) is 0 Å². The van der Waals surface area contributed by atoms with Gasteiger partial charge in [-0.2, -0.15) is 0 Å². The van der Waals surface area contributed by atoms with Crippen LogP contribution in [0.1, 0.15) is 45.0 Å². The molecule has 0 aliphatic heterocycles. The van der Waals surface area contributed by atoms with Crippen molar-refractivity contribution in [3.8, 4) is 0 Å². The fourth-order valence-electron chi connectivity index (χ4n) is 4.53. The summed E-state index contributed by atoms with van der Waals surface area (Å²) in [6.45, 7) is 3.15. The maximum Gasteiger partial charge on any atom is 0.326 e. The van der Waals surface area contributed by atoms with Gasteiger partial charge in [0.25, 0.3) is 0 Å². The van der Waals surface area contributed by atoms with Crippen molar-refractivity contribution < 1.29 is 48.6 Å². The summed E-state index contributed by atoms with van der Waals surface area (Å²) < 4.78 is 0. The Labute approximate surface area is 297 Å². The number of aromatic nitrogens is 4. The summed E-state index contributed by atoms with van der Waals surface area (Å²) in [5.74, 6) is -7.63. The first kappa shape index (κ1) is 42.3. The lowest BCUT2D eigenvalue weighted by atomic mass is 10.0. The lowest BCUT2D eigenvalue weighted by molar-refractivity contribution is -0.143. The highest BCUT2D eigenvalue weighted by atomic mass is 16.4. The standard InChI is InChI=1S/C30H46N12O10/c1-14(2)25(30(51)52)42-23(46)11-36-26(47)19(6-16-8-33-12-37-16)40-28(49)18(4-5-21(31)44)39-22(45)10-35-27(48)20(7-17-9-34-13-38-17)41-29(50)24(32)15(3)43/h8-9,12-15,18-20,24-25,43H,4-7,10-11,32H2,1-3H3,(H2,31,44)(H,33,37)(H,34,38)(H,35,48)(H,36,47)(H,39,45)(H,40,49)(H,41,50)(H,42,46)(H,51,52). The number of carboxylic acid groups (broad SMARTS) is 1. The third-order valence-electron chi connectivity index (χ3n) is 7.47. The number of carboxylic acids is 1. The van der Waals surface area contributed by atoms with Crippen LogP contribution >= 0.6 is 0 Å². The Morgan fingerprint density at radius 1 is 0.731 bits per heavy atom. The molecule has 14 N–H and O–H groups in total. The third kappa shape index (κ3) is 14.5. The van der Waals surface area contributed by atoms with Crippen molar-refractivity contribution in [3.63, 3.8) is 0 Å². The predicted octanol–water partition coefficient (Wildman–Crippen LogP) is -5.20. The number of imidazole rings is 2.